The van der Waals surface area contributed by atoms with Gasteiger partial charge in [0.25, 0.3) is 0 Å². The maximum atomic E-state index is 12.9. The van der Waals surface area contributed by atoms with Crippen molar-refractivity contribution in [2.45, 2.75) is 11.8 Å². The average Bonchev–Trinajstić information content (AvgIpc) is 2.77. The molecule has 1 aliphatic heterocycles. The van der Waals surface area contributed by atoms with Gasteiger partial charge in [0.05, 0.1) is 10.5 Å². The van der Waals surface area contributed by atoms with Crippen LogP contribution in [0.15, 0.2) is 53.4 Å². The van der Waals surface area contributed by atoms with Crippen molar-refractivity contribution in [3.8, 4) is 5.75 Å². The quantitative estimate of drug-likeness (QED) is 0.459. The second-order valence-electron chi connectivity index (χ2n) is 6.88. The summed E-state index contributed by atoms with van der Waals surface area (Å²) in [4.78, 5) is 25.4. The third-order valence-electron chi connectivity index (χ3n) is 4.77. The molecule has 8 nitrogen and oxygen atoms in total. The van der Waals surface area contributed by atoms with Crippen LogP contribution in [0.2, 0.25) is 5.02 Å². The van der Waals surface area contributed by atoms with Gasteiger partial charge in [0.15, 0.2) is 0 Å². The Kier molecular flexibility index (Phi) is 7.53. The number of piperazine rings is 1. The van der Waals surface area contributed by atoms with Crippen molar-refractivity contribution in [1.29, 1.82) is 0 Å². The Morgan fingerprint density at radius 3 is 2.39 bits per heavy atom. The van der Waals surface area contributed by atoms with Gasteiger partial charge in [0.2, 0.25) is 15.9 Å². The Hall–Kier alpha value is -2.62. The number of amides is 1. The number of carbonyl (C=O) groups is 2. The third kappa shape index (κ3) is 5.96. The van der Waals surface area contributed by atoms with Crippen LogP contribution in [0.4, 0.5) is 0 Å². The van der Waals surface area contributed by atoms with Gasteiger partial charge in [-0.05, 0) is 36.4 Å². The first kappa shape index (κ1) is 23.1. The van der Waals surface area contributed by atoms with E-state index in [1.165, 1.54) is 35.5 Å². The van der Waals surface area contributed by atoms with Crippen molar-refractivity contribution in [3.05, 3.63) is 59.1 Å². The maximum absolute atomic E-state index is 12.9. The summed E-state index contributed by atoms with van der Waals surface area (Å²) < 4.78 is 37.8. The molecule has 10 heteroatoms. The fourth-order valence-corrected chi connectivity index (χ4v) is 4.76. The maximum Gasteiger partial charge on any atom is 0.338 e. The Morgan fingerprint density at radius 1 is 1.00 bits per heavy atom. The van der Waals surface area contributed by atoms with Crippen molar-refractivity contribution in [2.24, 2.45) is 0 Å². The molecule has 0 saturated carbocycles. The van der Waals surface area contributed by atoms with Gasteiger partial charge in [-0.3, -0.25) is 4.79 Å². The highest BCUT2D eigenvalue weighted by atomic mass is 35.5. The van der Waals surface area contributed by atoms with E-state index in [-0.39, 0.29) is 42.7 Å². The highest BCUT2D eigenvalue weighted by Gasteiger charge is 2.29. The Bertz CT molecular complexity index is 1050. The molecule has 166 valence electrons. The predicted octanol–water partition coefficient (Wildman–Crippen LogP) is 2.43. The summed E-state index contributed by atoms with van der Waals surface area (Å²) in [6, 6.07) is 12.6. The van der Waals surface area contributed by atoms with Crippen LogP contribution in [0.3, 0.4) is 0 Å². The Labute approximate surface area is 186 Å². The van der Waals surface area contributed by atoms with E-state index in [9.17, 15) is 18.0 Å². The molecule has 0 radical (unpaired) electrons. The molecule has 2 aromatic carbocycles. The molecule has 1 fully saturated rings. The highest BCUT2D eigenvalue weighted by Crippen LogP contribution is 2.20. The van der Waals surface area contributed by atoms with Gasteiger partial charge in [-0.25, -0.2) is 13.2 Å². The summed E-state index contributed by atoms with van der Waals surface area (Å²) >= 11 is 5.88. The van der Waals surface area contributed by atoms with Crippen molar-refractivity contribution >= 4 is 33.5 Å². The number of ether oxygens (including phenoxy) is 2. The molecule has 0 aliphatic carbocycles. The standard InChI is InChI=1S/C21H23ClN2O6S/c1-16(25)23-8-10-24(11-9-23)31(27,28)20-7-2-4-17(14-20)21(26)30-13-12-29-19-6-3-5-18(22)15-19/h2-7,14-15H,8-13H2,1H3. The van der Waals surface area contributed by atoms with Gasteiger partial charge < -0.3 is 14.4 Å². The molecule has 31 heavy (non-hydrogen) atoms. The highest BCUT2D eigenvalue weighted by molar-refractivity contribution is 7.89. The lowest BCUT2D eigenvalue weighted by Crippen LogP contribution is -2.49. The summed E-state index contributed by atoms with van der Waals surface area (Å²) in [5, 5.41) is 0.537. The first-order valence-electron chi connectivity index (χ1n) is 9.68. The Morgan fingerprint density at radius 2 is 1.71 bits per heavy atom. The molecule has 0 spiro atoms. The normalized spacial score (nSPS) is 14.8. The number of esters is 1. The van der Waals surface area contributed by atoms with Crippen molar-refractivity contribution in [3.63, 3.8) is 0 Å². The molecular formula is C21H23ClN2O6S. The van der Waals surface area contributed by atoms with E-state index in [4.69, 9.17) is 21.1 Å². The number of sulfonamides is 1. The van der Waals surface area contributed by atoms with E-state index in [0.717, 1.165) is 0 Å². The van der Waals surface area contributed by atoms with Gasteiger partial charge in [-0.15, -0.1) is 0 Å². The molecule has 0 atom stereocenters. The van der Waals surface area contributed by atoms with Gasteiger partial charge in [-0.1, -0.05) is 23.7 Å². The summed E-state index contributed by atoms with van der Waals surface area (Å²) in [5.74, 6) is -0.171. The van der Waals surface area contributed by atoms with Crippen LogP contribution in [0.5, 0.6) is 5.75 Å². The second kappa shape index (κ2) is 10.1. The number of hydrogen-bond donors (Lipinski definition) is 0. The fraction of sp³-hybridized carbons (Fsp3) is 0.333. The lowest BCUT2D eigenvalue weighted by atomic mass is 10.2. The first-order valence-corrected chi connectivity index (χ1v) is 11.5. The zero-order chi connectivity index (χ0) is 22.4. The van der Waals surface area contributed by atoms with E-state index >= 15 is 0 Å². The van der Waals surface area contributed by atoms with Gasteiger partial charge >= 0.3 is 5.97 Å². The minimum Gasteiger partial charge on any atom is -0.490 e. The Balaban J connectivity index is 1.57. The van der Waals surface area contributed by atoms with Crippen LogP contribution < -0.4 is 4.74 Å². The van der Waals surface area contributed by atoms with Crippen molar-refractivity contribution in [2.75, 3.05) is 39.4 Å². The van der Waals surface area contributed by atoms with Crippen LogP contribution >= 0.6 is 11.6 Å². The minimum atomic E-state index is -3.78. The SMILES string of the molecule is CC(=O)N1CCN(S(=O)(=O)c2cccc(C(=O)OCCOc3cccc(Cl)c3)c2)CC1. The summed E-state index contributed by atoms with van der Waals surface area (Å²) in [7, 11) is -3.78. The van der Waals surface area contributed by atoms with E-state index in [2.05, 4.69) is 0 Å². The van der Waals surface area contributed by atoms with Crippen LogP contribution in [-0.2, 0) is 19.6 Å². The number of nitrogens with zero attached hydrogens (tertiary/aromatic N) is 2. The van der Waals surface area contributed by atoms with E-state index in [0.29, 0.717) is 23.9 Å². The van der Waals surface area contributed by atoms with Gasteiger partial charge in [-0.2, -0.15) is 4.31 Å². The monoisotopic (exact) mass is 466 g/mol. The molecule has 0 N–H and O–H groups in total. The van der Waals surface area contributed by atoms with Crippen molar-refractivity contribution in [1.82, 2.24) is 9.21 Å². The van der Waals surface area contributed by atoms with Crippen molar-refractivity contribution < 1.29 is 27.5 Å². The topological polar surface area (TPSA) is 93.2 Å². The van der Waals surface area contributed by atoms with Crippen LogP contribution in [0, 0.1) is 0 Å². The minimum absolute atomic E-state index is 0.00463. The summed E-state index contributed by atoms with van der Waals surface area (Å²) in [6.07, 6.45) is 0. The number of halogens is 1. The predicted molar refractivity (Wildman–Crippen MR) is 115 cm³/mol. The number of hydrogen-bond acceptors (Lipinski definition) is 6. The van der Waals surface area contributed by atoms with Gasteiger partial charge in [0, 0.05) is 38.1 Å². The van der Waals surface area contributed by atoms with Gasteiger partial charge in [0.1, 0.15) is 19.0 Å². The van der Waals surface area contributed by atoms with Crippen LogP contribution in [0.25, 0.3) is 0 Å². The van der Waals surface area contributed by atoms with Crippen LogP contribution in [-0.4, -0.2) is 68.9 Å². The fourth-order valence-electron chi connectivity index (χ4n) is 3.11. The summed E-state index contributed by atoms with van der Waals surface area (Å²) in [6.45, 7) is 2.67. The molecule has 2 aromatic rings. The molecule has 1 saturated heterocycles. The lowest BCUT2D eigenvalue weighted by Gasteiger charge is -2.33. The van der Waals surface area contributed by atoms with Crippen LogP contribution in [0.1, 0.15) is 17.3 Å². The lowest BCUT2D eigenvalue weighted by molar-refractivity contribution is -0.129. The largest absolute Gasteiger partial charge is 0.490 e. The third-order valence-corrected chi connectivity index (χ3v) is 6.90. The smallest absolute Gasteiger partial charge is 0.338 e. The molecule has 3 rings (SSSR count). The van der Waals surface area contributed by atoms with E-state index in [1.54, 1.807) is 29.2 Å². The molecule has 1 heterocycles. The molecule has 1 aliphatic rings. The molecule has 1 amide bonds. The molecule has 0 bridgehead atoms. The second-order valence-corrected chi connectivity index (χ2v) is 9.25. The molecule has 0 unspecified atom stereocenters. The number of benzene rings is 2. The van der Waals surface area contributed by atoms with E-state index in [1.807, 2.05) is 0 Å². The van der Waals surface area contributed by atoms with E-state index < -0.39 is 16.0 Å². The first-order chi connectivity index (χ1) is 14.8. The zero-order valence-electron chi connectivity index (χ0n) is 17.0. The molecular weight excluding hydrogens is 444 g/mol. The zero-order valence-corrected chi connectivity index (χ0v) is 18.6. The average molecular weight is 467 g/mol. The number of rotatable bonds is 7. The molecule has 0 aromatic heterocycles. The summed E-state index contributed by atoms with van der Waals surface area (Å²) in [5.41, 5.74) is 0.131. The number of carbonyl (C=O) groups excluding carboxylic acids is 2.